The number of fused-ring (bicyclic) bond motifs is 1. The standard InChI is InChI=1S/C20H19FN4O/c1-26-17-5-4-15(18(21)9-17)12-25-8-6-19-16(13-25)11-23-20(24-19)14-3-2-7-22-10-14/h2-5,7,9-11H,6,8,12-13H2,1H3. The summed E-state index contributed by atoms with van der Waals surface area (Å²) >= 11 is 0. The third-order valence-corrected chi connectivity index (χ3v) is 4.59. The Labute approximate surface area is 151 Å². The second-order valence-electron chi connectivity index (χ2n) is 6.33. The first-order valence-corrected chi connectivity index (χ1v) is 8.53. The van der Waals surface area contributed by atoms with Gasteiger partial charge in [0.25, 0.3) is 0 Å². The van der Waals surface area contributed by atoms with Gasteiger partial charge in [0.1, 0.15) is 11.6 Å². The Morgan fingerprint density at radius 1 is 1.23 bits per heavy atom. The van der Waals surface area contributed by atoms with Crippen LogP contribution in [-0.4, -0.2) is 33.5 Å². The molecule has 0 atom stereocenters. The Balaban J connectivity index is 1.50. The Bertz CT molecular complexity index is 917. The minimum absolute atomic E-state index is 0.238. The predicted octanol–water partition coefficient (Wildman–Crippen LogP) is 3.24. The van der Waals surface area contributed by atoms with Crippen LogP contribution < -0.4 is 4.74 Å². The zero-order valence-electron chi connectivity index (χ0n) is 14.5. The summed E-state index contributed by atoms with van der Waals surface area (Å²) in [7, 11) is 1.54. The van der Waals surface area contributed by atoms with Gasteiger partial charge < -0.3 is 4.74 Å². The van der Waals surface area contributed by atoms with Gasteiger partial charge in [0.15, 0.2) is 5.82 Å². The van der Waals surface area contributed by atoms with Crippen molar-refractivity contribution in [1.82, 2.24) is 19.9 Å². The Morgan fingerprint density at radius 2 is 2.15 bits per heavy atom. The Morgan fingerprint density at radius 3 is 2.92 bits per heavy atom. The molecule has 0 unspecified atom stereocenters. The first-order valence-electron chi connectivity index (χ1n) is 8.53. The molecule has 0 spiro atoms. The minimum atomic E-state index is -0.238. The molecule has 3 heterocycles. The Hall–Kier alpha value is -2.86. The fourth-order valence-corrected chi connectivity index (χ4v) is 3.17. The number of pyridine rings is 1. The maximum absolute atomic E-state index is 14.2. The number of hydrogen-bond donors (Lipinski definition) is 0. The van der Waals surface area contributed by atoms with Gasteiger partial charge in [-0.1, -0.05) is 6.07 Å². The number of halogens is 1. The number of methoxy groups -OCH3 is 1. The molecule has 4 rings (SSSR count). The van der Waals surface area contributed by atoms with Crippen molar-refractivity contribution in [3.8, 4) is 17.1 Å². The lowest BCUT2D eigenvalue weighted by Gasteiger charge is -2.28. The van der Waals surface area contributed by atoms with E-state index < -0.39 is 0 Å². The monoisotopic (exact) mass is 350 g/mol. The van der Waals surface area contributed by atoms with Crippen LogP contribution in [0, 0.1) is 5.82 Å². The summed E-state index contributed by atoms with van der Waals surface area (Å²) in [6.45, 7) is 2.11. The molecule has 26 heavy (non-hydrogen) atoms. The fraction of sp³-hybridized carbons (Fsp3) is 0.250. The molecule has 3 aromatic rings. The van der Waals surface area contributed by atoms with Gasteiger partial charge in [-0.2, -0.15) is 0 Å². The maximum Gasteiger partial charge on any atom is 0.160 e. The molecule has 0 fully saturated rings. The molecule has 0 bridgehead atoms. The number of ether oxygens (including phenoxy) is 1. The molecule has 132 valence electrons. The summed E-state index contributed by atoms with van der Waals surface area (Å²) in [6, 6.07) is 8.83. The normalized spacial score (nSPS) is 14.1. The predicted molar refractivity (Wildman–Crippen MR) is 96.0 cm³/mol. The van der Waals surface area contributed by atoms with Gasteiger partial charge in [0.05, 0.1) is 12.8 Å². The van der Waals surface area contributed by atoms with Gasteiger partial charge in [0.2, 0.25) is 0 Å². The molecule has 5 nitrogen and oxygen atoms in total. The summed E-state index contributed by atoms with van der Waals surface area (Å²) in [5, 5.41) is 0. The van der Waals surface area contributed by atoms with Crippen molar-refractivity contribution in [3.63, 3.8) is 0 Å². The zero-order chi connectivity index (χ0) is 17.9. The van der Waals surface area contributed by atoms with Crippen molar-refractivity contribution in [2.24, 2.45) is 0 Å². The molecule has 1 aliphatic rings. The van der Waals surface area contributed by atoms with Crippen LogP contribution in [0.2, 0.25) is 0 Å². The summed E-state index contributed by atoms with van der Waals surface area (Å²) in [5.41, 5.74) is 3.74. The van der Waals surface area contributed by atoms with E-state index in [0.717, 1.165) is 29.8 Å². The van der Waals surface area contributed by atoms with Gasteiger partial charge in [-0.15, -0.1) is 0 Å². The van der Waals surface area contributed by atoms with E-state index in [2.05, 4.69) is 14.9 Å². The molecule has 0 saturated carbocycles. The number of rotatable bonds is 4. The van der Waals surface area contributed by atoms with Crippen LogP contribution in [0.4, 0.5) is 4.39 Å². The number of benzene rings is 1. The number of hydrogen-bond acceptors (Lipinski definition) is 5. The van der Waals surface area contributed by atoms with E-state index in [1.165, 1.54) is 13.2 Å². The summed E-state index contributed by atoms with van der Waals surface area (Å²) in [6.07, 6.45) is 6.20. The topological polar surface area (TPSA) is 51.1 Å². The van der Waals surface area contributed by atoms with Crippen molar-refractivity contribution in [3.05, 3.63) is 71.6 Å². The van der Waals surface area contributed by atoms with Crippen LogP contribution in [0.15, 0.2) is 48.9 Å². The van der Waals surface area contributed by atoms with Crippen molar-refractivity contribution in [2.75, 3.05) is 13.7 Å². The molecule has 1 aliphatic heterocycles. The van der Waals surface area contributed by atoms with Gasteiger partial charge >= 0.3 is 0 Å². The SMILES string of the molecule is COc1ccc(CN2CCc3nc(-c4cccnc4)ncc3C2)c(F)c1. The molecular weight excluding hydrogens is 331 g/mol. The van der Waals surface area contributed by atoms with Crippen molar-refractivity contribution in [2.45, 2.75) is 19.5 Å². The smallest absolute Gasteiger partial charge is 0.160 e. The highest BCUT2D eigenvalue weighted by Crippen LogP contribution is 2.23. The Kier molecular flexibility index (Phi) is 4.58. The van der Waals surface area contributed by atoms with Crippen LogP contribution in [0.25, 0.3) is 11.4 Å². The van der Waals surface area contributed by atoms with E-state index in [4.69, 9.17) is 9.72 Å². The van der Waals surface area contributed by atoms with Gasteiger partial charge in [-0.05, 0) is 18.2 Å². The zero-order valence-corrected chi connectivity index (χ0v) is 14.5. The highest BCUT2D eigenvalue weighted by Gasteiger charge is 2.20. The minimum Gasteiger partial charge on any atom is -0.497 e. The van der Waals surface area contributed by atoms with Crippen LogP contribution in [0.5, 0.6) is 5.75 Å². The quantitative estimate of drug-likeness (QED) is 0.723. The maximum atomic E-state index is 14.2. The number of nitrogens with zero attached hydrogens (tertiary/aromatic N) is 4. The molecule has 0 radical (unpaired) electrons. The molecule has 0 N–H and O–H groups in total. The lowest BCUT2D eigenvalue weighted by atomic mass is 10.1. The average Bonchev–Trinajstić information content (AvgIpc) is 2.69. The van der Waals surface area contributed by atoms with E-state index >= 15 is 0 Å². The summed E-state index contributed by atoms with van der Waals surface area (Å²) in [5.74, 6) is 0.997. The molecule has 0 amide bonds. The third kappa shape index (κ3) is 3.41. The molecule has 1 aromatic carbocycles. The van der Waals surface area contributed by atoms with Crippen molar-refractivity contribution >= 4 is 0 Å². The third-order valence-electron chi connectivity index (χ3n) is 4.59. The fourth-order valence-electron chi connectivity index (χ4n) is 3.17. The lowest BCUT2D eigenvalue weighted by molar-refractivity contribution is 0.239. The van der Waals surface area contributed by atoms with Gasteiger partial charge in [-0.3, -0.25) is 9.88 Å². The molecule has 6 heteroatoms. The van der Waals surface area contributed by atoms with Crippen LogP contribution in [0.1, 0.15) is 16.8 Å². The second-order valence-corrected chi connectivity index (χ2v) is 6.33. The molecule has 2 aromatic heterocycles. The second kappa shape index (κ2) is 7.17. The van der Waals surface area contributed by atoms with Gasteiger partial charge in [0, 0.05) is 67.4 Å². The molecule has 0 aliphatic carbocycles. The van der Waals surface area contributed by atoms with E-state index in [9.17, 15) is 4.39 Å². The summed E-state index contributed by atoms with van der Waals surface area (Å²) in [4.78, 5) is 15.5. The van der Waals surface area contributed by atoms with E-state index in [-0.39, 0.29) is 5.82 Å². The summed E-state index contributed by atoms with van der Waals surface area (Å²) < 4.78 is 19.3. The van der Waals surface area contributed by atoms with Crippen LogP contribution in [-0.2, 0) is 19.5 Å². The van der Waals surface area contributed by atoms with Crippen LogP contribution >= 0.6 is 0 Å². The van der Waals surface area contributed by atoms with Gasteiger partial charge in [-0.25, -0.2) is 14.4 Å². The van der Waals surface area contributed by atoms with Crippen LogP contribution in [0.3, 0.4) is 0 Å². The first-order chi connectivity index (χ1) is 12.7. The highest BCUT2D eigenvalue weighted by molar-refractivity contribution is 5.53. The first kappa shape index (κ1) is 16.6. The van der Waals surface area contributed by atoms with Crippen molar-refractivity contribution < 1.29 is 9.13 Å². The largest absolute Gasteiger partial charge is 0.497 e. The van der Waals surface area contributed by atoms with E-state index in [1.54, 1.807) is 24.5 Å². The number of aromatic nitrogens is 3. The lowest BCUT2D eigenvalue weighted by Crippen LogP contribution is -2.31. The van der Waals surface area contributed by atoms with E-state index in [1.807, 2.05) is 18.3 Å². The average molecular weight is 350 g/mol. The van der Waals surface area contributed by atoms with E-state index in [0.29, 0.717) is 30.2 Å². The molecular formula is C20H19FN4O. The highest BCUT2D eigenvalue weighted by atomic mass is 19.1. The van der Waals surface area contributed by atoms with Crippen molar-refractivity contribution in [1.29, 1.82) is 0 Å². The molecule has 0 saturated heterocycles.